The average Bonchev–Trinajstić information content (AvgIpc) is 2.65. The van der Waals surface area contributed by atoms with Crippen LogP contribution in [0.4, 0.5) is 11.5 Å². The second kappa shape index (κ2) is 7.92. The number of carbonyl (C=O) groups is 2. The molecule has 5 nitrogen and oxygen atoms in total. The summed E-state index contributed by atoms with van der Waals surface area (Å²) in [4.78, 5) is 28.7. The van der Waals surface area contributed by atoms with Crippen LogP contribution in [0.15, 0.2) is 42.6 Å². The van der Waals surface area contributed by atoms with Gasteiger partial charge in [-0.25, -0.2) is 4.98 Å². The number of aryl methyl sites for hydroxylation is 1. The molecule has 0 aliphatic heterocycles. The molecule has 5 heteroatoms. The van der Waals surface area contributed by atoms with E-state index in [4.69, 9.17) is 0 Å². The fraction of sp³-hybridized carbons (Fsp3) is 0.350. The number of nitrogens with one attached hydrogen (secondary N) is 2. The summed E-state index contributed by atoms with van der Waals surface area (Å²) in [7, 11) is 0. The van der Waals surface area contributed by atoms with Gasteiger partial charge in [0, 0.05) is 23.4 Å². The van der Waals surface area contributed by atoms with E-state index in [1.54, 1.807) is 30.5 Å². The van der Waals surface area contributed by atoms with Crippen LogP contribution in [-0.4, -0.2) is 16.8 Å². The molecule has 1 aliphatic carbocycles. The molecule has 25 heavy (non-hydrogen) atoms. The third kappa shape index (κ3) is 4.44. The SMILES string of the molecule is Cc1cccnc1NC(=O)c1ccc(NC(=O)C2CCCCC2)cc1. The molecule has 0 spiro atoms. The fourth-order valence-electron chi connectivity index (χ4n) is 3.11. The van der Waals surface area contributed by atoms with Crippen LogP contribution < -0.4 is 10.6 Å². The third-order valence-corrected chi connectivity index (χ3v) is 4.63. The number of aromatic nitrogens is 1. The van der Waals surface area contributed by atoms with E-state index in [2.05, 4.69) is 15.6 Å². The molecule has 1 aromatic carbocycles. The van der Waals surface area contributed by atoms with Crippen LogP contribution in [0.2, 0.25) is 0 Å². The molecular weight excluding hydrogens is 314 g/mol. The molecule has 1 saturated carbocycles. The van der Waals surface area contributed by atoms with Gasteiger partial charge in [0.1, 0.15) is 5.82 Å². The quantitative estimate of drug-likeness (QED) is 0.880. The second-order valence-electron chi connectivity index (χ2n) is 6.52. The minimum Gasteiger partial charge on any atom is -0.326 e. The van der Waals surface area contributed by atoms with Gasteiger partial charge < -0.3 is 10.6 Å². The van der Waals surface area contributed by atoms with Gasteiger partial charge in [-0.1, -0.05) is 25.3 Å². The summed E-state index contributed by atoms with van der Waals surface area (Å²) in [5.74, 6) is 0.541. The van der Waals surface area contributed by atoms with Gasteiger partial charge in [-0.05, 0) is 55.7 Å². The van der Waals surface area contributed by atoms with Crippen LogP contribution in [0, 0.1) is 12.8 Å². The Hall–Kier alpha value is -2.69. The predicted octanol–water partition coefficient (Wildman–Crippen LogP) is 4.16. The molecule has 0 atom stereocenters. The first-order valence-electron chi connectivity index (χ1n) is 8.77. The van der Waals surface area contributed by atoms with Crippen LogP contribution in [-0.2, 0) is 4.79 Å². The predicted molar refractivity (Wildman–Crippen MR) is 98.6 cm³/mol. The molecule has 1 aliphatic rings. The van der Waals surface area contributed by atoms with Crippen molar-refractivity contribution in [3.63, 3.8) is 0 Å². The van der Waals surface area contributed by atoms with Gasteiger partial charge in [-0.3, -0.25) is 9.59 Å². The van der Waals surface area contributed by atoms with Crippen molar-refractivity contribution in [3.8, 4) is 0 Å². The summed E-state index contributed by atoms with van der Waals surface area (Å²) >= 11 is 0. The van der Waals surface area contributed by atoms with Gasteiger partial charge in [0.15, 0.2) is 0 Å². The Morgan fingerprint density at radius 3 is 2.40 bits per heavy atom. The van der Waals surface area contributed by atoms with Gasteiger partial charge in [-0.15, -0.1) is 0 Å². The Morgan fingerprint density at radius 2 is 1.72 bits per heavy atom. The van der Waals surface area contributed by atoms with E-state index >= 15 is 0 Å². The molecular formula is C20H23N3O2. The molecule has 1 fully saturated rings. The van der Waals surface area contributed by atoms with Gasteiger partial charge in [0.25, 0.3) is 5.91 Å². The molecule has 2 N–H and O–H groups in total. The lowest BCUT2D eigenvalue weighted by Crippen LogP contribution is -2.24. The van der Waals surface area contributed by atoms with Gasteiger partial charge in [-0.2, -0.15) is 0 Å². The lowest BCUT2D eigenvalue weighted by Gasteiger charge is -2.20. The molecule has 1 aromatic heterocycles. The van der Waals surface area contributed by atoms with Crippen LogP contribution in [0.5, 0.6) is 0 Å². The number of nitrogens with zero attached hydrogens (tertiary/aromatic N) is 1. The zero-order valence-electron chi connectivity index (χ0n) is 14.4. The molecule has 2 amide bonds. The monoisotopic (exact) mass is 337 g/mol. The highest BCUT2D eigenvalue weighted by molar-refractivity contribution is 6.04. The zero-order chi connectivity index (χ0) is 17.6. The first kappa shape index (κ1) is 17.1. The van der Waals surface area contributed by atoms with Crippen molar-refractivity contribution in [1.29, 1.82) is 0 Å². The summed E-state index contributed by atoms with van der Waals surface area (Å²) in [5.41, 5.74) is 2.16. The Labute approximate surface area is 147 Å². The van der Waals surface area contributed by atoms with Crippen molar-refractivity contribution in [2.24, 2.45) is 5.92 Å². The number of benzene rings is 1. The number of amides is 2. The maximum Gasteiger partial charge on any atom is 0.256 e. The number of hydrogen-bond donors (Lipinski definition) is 2. The Morgan fingerprint density at radius 1 is 1.00 bits per heavy atom. The van der Waals surface area contributed by atoms with E-state index in [0.717, 1.165) is 36.9 Å². The third-order valence-electron chi connectivity index (χ3n) is 4.63. The number of rotatable bonds is 4. The van der Waals surface area contributed by atoms with E-state index in [1.807, 2.05) is 19.1 Å². The van der Waals surface area contributed by atoms with Crippen LogP contribution in [0.1, 0.15) is 48.0 Å². The molecule has 2 aromatic rings. The van der Waals surface area contributed by atoms with Crippen molar-refractivity contribution in [1.82, 2.24) is 4.98 Å². The lowest BCUT2D eigenvalue weighted by molar-refractivity contribution is -0.120. The van der Waals surface area contributed by atoms with E-state index in [9.17, 15) is 9.59 Å². The summed E-state index contributed by atoms with van der Waals surface area (Å²) < 4.78 is 0. The summed E-state index contributed by atoms with van der Waals surface area (Å²) in [6.45, 7) is 1.90. The lowest BCUT2D eigenvalue weighted by atomic mass is 9.88. The van der Waals surface area contributed by atoms with E-state index in [0.29, 0.717) is 11.4 Å². The van der Waals surface area contributed by atoms with Crippen LogP contribution in [0.25, 0.3) is 0 Å². The molecule has 0 saturated heterocycles. The molecule has 0 bridgehead atoms. The zero-order valence-corrected chi connectivity index (χ0v) is 14.4. The van der Waals surface area contributed by atoms with Crippen LogP contribution >= 0.6 is 0 Å². The second-order valence-corrected chi connectivity index (χ2v) is 6.52. The summed E-state index contributed by atoms with van der Waals surface area (Å²) in [6.07, 6.45) is 7.07. The number of carbonyl (C=O) groups excluding carboxylic acids is 2. The Bertz CT molecular complexity index is 750. The topological polar surface area (TPSA) is 71.1 Å². The highest BCUT2D eigenvalue weighted by atomic mass is 16.2. The van der Waals surface area contributed by atoms with Crippen molar-refractivity contribution < 1.29 is 9.59 Å². The van der Waals surface area contributed by atoms with Crippen LogP contribution in [0.3, 0.4) is 0 Å². The largest absolute Gasteiger partial charge is 0.326 e. The first-order valence-corrected chi connectivity index (χ1v) is 8.77. The highest BCUT2D eigenvalue weighted by Crippen LogP contribution is 2.25. The number of anilines is 2. The van der Waals surface area contributed by atoms with Crippen molar-refractivity contribution >= 4 is 23.3 Å². The normalized spacial score (nSPS) is 14.8. The molecule has 0 radical (unpaired) electrons. The van der Waals surface area contributed by atoms with Crippen molar-refractivity contribution in [2.45, 2.75) is 39.0 Å². The molecule has 1 heterocycles. The van der Waals surface area contributed by atoms with E-state index < -0.39 is 0 Å². The minimum atomic E-state index is -0.216. The Balaban J connectivity index is 1.60. The summed E-state index contributed by atoms with van der Waals surface area (Å²) in [6, 6.07) is 10.7. The van der Waals surface area contributed by atoms with E-state index in [1.165, 1.54) is 6.42 Å². The highest BCUT2D eigenvalue weighted by Gasteiger charge is 2.21. The first-order chi connectivity index (χ1) is 12.1. The maximum absolute atomic E-state index is 12.3. The molecule has 0 unspecified atom stereocenters. The average molecular weight is 337 g/mol. The van der Waals surface area contributed by atoms with E-state index in [-0.39, 0.29) is 17.7 Å². The molecule has 3 rings (SSSR count). The van der Waals surface area contributed by atoms with Gasteiger partial charge in [0.05, 0.1) is 0 Å². The molecule has 130 valence electrons. The fourth-order valence-corrected chi connectivity index (χ4v) is 3.11. The number of hydrogen-bond acceptors (Lipinski definition) is 3. The maximum atomic E-state index is 12.3. The van der Waals surface area contributed by atoms with Crippen molar-refractivity contribution in [2.75, 3.05) is 10.6 Å². The Kier molecular flexibility index (Phi) is 5.43. The van der Waals surface area contributed by atoms with Gasteiger partial charge in [0.2, 0.25) is 5.91 Å². The number of pyridine rings is 1. The summed E-state index contributed by atoms with van der Waals surface area (Å²) in [5, 5.41) is 5.75. The van der Waals surface area contributed by atoms with Gasteiger partial charge >= 0.3 is 0 Å². The smallest absolute Gasteiger partial charge is 0.256 e. The standard InChI is InChI=1S/C20H23N3O2/c1-14-6-5-13-21-18(14)23-20(25)16-9-11-17(12-10-16)22-19(24)15-7-3-2-4-8-15/h5-6,9-13,15H,2-4,7-8H2,1H3,(H,22,24)(H,21,23,25). The minimum absolute atomic E-state index is 0.0843. The van der Waals surface area contributed by atoms with Crippen molar-refractivity contribution in [3.05, 3.63) is 53.7 Å².